The van der Waals surface area contributed by atoms with E-state index in [2.05, 4.69) is 19.9 Å². The molecule has 4 rings (SSSR count). The van der Waals surface area contributed by atoms with E-state index in [0.717, 1.165) is 36.2 Å². The summed E-state index contributed by atoms with van der Waals surface area (Å²) >= 11 is 0. The fraction of sp³-hybridized carbons (Fsp3) is 0.625. The number of aromatic amines is 1. The third kappa shape index (κ3) is 2.36. The molecule has 0 aromatic carbocycles. The van der Waals surface area contributed by atoms with Crippen LogP contribution in [0, 0.1) is 11.8 Å². The maximum Gasteiger partial charge on any atom is 0.151 e. The maximum atomic E-state index is 10.4. The highest BCUT2D eigenvalue weighted by Gasteiger charge is 2.37. The van der Waals surface area contributed by atoms with E-state index < -0.39 is 0 Å². The first-order chi connectivity index (χ1) is 10.7. The number of likely N-dealkylation sites (tertiary alicyclic amines) is 1. The van der Waals surface area contributed by atoms with E-state index in [1.807, 2.05) is 6.20 Å². The Morgan fingerprint density at radius 3 is 2.91 bits per heavy atom. The minimum absolute atomic E-state index is 0.187. The van der Waals surface area contributed by atoms with Crippen molar-refractivity contribution in [3.05, 3.63) is 18.1 Å². The molecular weight excluding hydrogens is 278 g/mol. The second-order valence-corrected chi connectivity index (χ2v) is 6.77. The highest BCUT2D eigenvalue weighted by molar-refractivity contribution is 5.86. The highest BCUT2D eigenvalue weighted by atomic mass is 16.3. The summed E-state index contributed by atoms with van der Waals surface area (Å²) in [7, 11) is 0. The van der Waals surface area contributed by atoms with Crippen molar-refractivity contribution in [2.75, 3.05) is 18.8 Å². The Balaban J connectivity index is 1.50. The van der Waals surface area contributed by atoms with E-state index in [9.17, 15) is 5.11 Å². The van der Waals surface area contributed by atoms with Crippen LogP contribution in [0.15, 0.2) is 12.5 Å². The van der Waals surface area contributed by atoms with Crippen LogP contribution in [-0.2, 0) is 6.54 Å². The Morgan fingerprint density at radius 1 is 1.27 bits per heavy atom. The topological polar surface area (TPSA) is 91.1 Å². The van der Waals surface area contributed by atoms with Gasteiger partial charge < -0.3 is 15.8 Å². The van der Waals surface area contributed by atoms with E-state index in [-0.39, 0.29) is 6.10 Å². The molecule has 1 aliphatic carbocycles. The summed E-state index contributed by atoms with van der Waals surface area (Å²) in [6.07, 6.45) is 8.51. The molecule has 0 radical (unpaired) electrons. The number of hydrogen-bond acceptors (Lipinski definition) is 5. The van der Waals surface area contributed by atoms with Gasteiger partial charge in [-0.05, 0) is 5.92 Å². The van der Waals surface area contributed by atoms with Gasteiger partial charge in [-0.15, -0.1) is 0 Å². The predicted molar refractivity (Wildman–Crippen MR) is 85.0 cm³/mol. The first-order valence-electron chi connectivity index (χ1n) is 8.19. The summed E-state index contributed by atoms with van der Waals surface area (Å²) < 4.78 is 0. The van der Waals surface area contributed by atoms with Crippen molar-refractivity contribution in [3.63, 3.8) is 0 Å². The zero-order valence-corrected chi connectivity index (χ0v) is 12.7. The molecular formula is C16H23N5O. The summed E-state index contributed by atoms with van der Waals surface area (Å²) in [5.74, 6) is 1.63. The van der Waals surface area contributed by atoms with Crippen molar-refractivity contribution in [3.8, 4) is 0 Å². The maximum absolute atomic E-state index is 10.4. The molecule has 22 heavy (non-hydrogen) atoms. The van der Waals surface area contributed by atoms with Crippen molar-refractivity contribution < 1.29 is 5.11 Å². The lowest BCUT2D eigenvalue weighted by atomic mass is 9.88. The number of hydrogen-bond donors (Lipinski definition) is 3. The van der Waals surface area contributed by atoms with Crippen LogP contribution in [0.4, 0.5) is 5.82 Å². The number of aliphatic hydroxyl groups is 1. The number of anilines is 1. The van der Waals surface area contributed by atoms with Gasteiger partial charge >= 0.3 is 0 Å². The molecule has 1 saturated carbocycles. The fourth-order valence-electron chi connectivity index (χ4n) is 4.25. The lowest BCUT2D eigenvalue weighted by Crippen LogP contribution is -2.24. The molecule has 0 amide bonds. The van der Waals surface area contributed by atoms with Gasteiger partial charge in [0.25, 0.3) is 0 Å². The monoisotopic (exact) mass is 301 g/mol. The van der Waals surface area contributed by atoms with Gasteiger partial charge in [0.15, 0.2) is 5.82 Å². The second kappa shape index (κ2) is 5.52. The lowest BCUT2D eigenvalue weighted by Gasteiger charge is -2.20. The van der Waals surface area contributed by atoms with E-state index in [0.29, 0.717) is 17.7 Å². The molecule has 118 valence electrons. The molecule has 2 atom stereocenters. The second-order valence-electron chi connectivity index (χ2n) is 6.77. The predicted octanol–water partition coefficient (Wildman–Crippen LogP) is 1.52. The lowest BCUT2D eigenvalue weighted by molar-refractivity contribution is 0.112. The molecule has 2 aromatic rings. The zero-order valence-electron chi connectivity index (χ0n) is 12.7. The number of nitrogens with one attached hydrogen (secondary N) is 1. The van der Waals surface area contributed by atoms with Crippen molar-refractivity contribution in [1.29, 1.82) is 0 Å². The molecule has 2 fully saturated rings. The van der Waals surface area contributed by atoms with Crippen LogP contribution in [0.1, 0.15) is 31.2 Å². The third-order valence-electron chi connectivity index (χ3n) is 5.38. The van der Waals surface area contributed by atoms with Gasteiger partial charge in [0, 0.05) is 37.3 Å². The zero-order chi connectivity index (χ0) is 15.1. The summed E-state index contributed by atoms with van der Waals surface area (Å²) in [5, 5.41) is 10.4. The molecule has 4 N–H and O–H groups in total. The van der Waals surface area contributed by atoms with E-state index in [1.165, 1.54) is 32.0 Å². The summed E-state index contributed by atoms with van der Waals surface area (Å²) in [6, 6.07) is 0. The SMILES string of the molecule is Nc1ncnc2c(CN3CC(O)C(C4CCCC4)C3)c[nH]c12. The van der Waals surface area contributed by atoms with E-state index in [4.69, 9.17) is 5.73 Å². The van der Waals surface area contributed by atoms with E-state index >= 15 is 0 Å². The van der Waals surface area contributed by atoms with Crippen LogP contribution in [0.3, 0.4) is 0 Å². The molecule has 2 unspecified atom stereocenters. The van der Waals surface area contributed by atoms with Crippen LogP contribution in [-0.4, -0.2) is 44.2 Å². The van der Waals surface area contributed by atoms with Gasteiger partial charge in [0.1, 0.15) is 11.8 Å². The Labute approximate surface area is 129 Å². The highest BCUT2D eigenvalue weighted by Crippen LogP contribution is 2.37. The van der Waals surface area contributed by atoms with Crippen LogP contribution in [0.5, 0.6) is 0 Å². The molecule has 6 heteroatoms. The van der Waals surface area contributed by atoms with Gasteiger partial charge in [-0.3, -0.25) is 4.90 Å². The third-order valence-corrected chi connectivity index (χ3v) is 5.38. The van der Waals surface area contributed by atoms with Gasteiger partial charge in [-0.25, -0.2) is 9.97 Å². The van der Waals surface area contributed by atoms with Gasteiger partial charge in [-0.2, -0.15) is 0 Å². The Kier molecular flexibility index (Phi) is 3.50. The van der Waals surface area contributed by atoms with Crippen LogP contribution >= 0.6 is 0 Å². The number of aromatic nitrogens is 3. The largest absolute Gasteiger partial charge is 0.391 e. The number of nitrogen functional groups attached to an aromatic ring is 1. The van der Waals surface area contributed by atoms with Crippen LogP contribution in [0.25, 0.3) is 11.0 Å². The fourth-order valence-corrected chi connectivity index (χ4v) is 4.25. The van der Waals surface area contributed by atoms with Crippen molar-refractivity contribution in [2.45, 2.75) is 38.3 Å². The van der Waals surface area contributed by atoms with Gasteiger partial charge in [0.2, 0.25) is 0 Å². The van der Waals surface area contributed by atoms with Gasteiger partial charge in [0.05, 0.1) is 11.6 Å². The summed E-state index contributed by atoms with van der Waals surface area (Å²) in [4.78, 5) is 13.9. The Morgan fingerprint density at radius 2 is 2.09 bits per heavy atom. The van der Waals surface area contributed by atoms with Crippen LogP contribution in [0.2, 0.25) is 0 Å². The minimum atomic E-state index is -0.187. The smallest absolute Gasteiger partial charge is 0.151 e. The molecule has 3 heterocycles. The number of nitrogens with zero attached hydrogens (tertiary/aromatic N) is 3. The molecule has 0 bridgehead atoms. The van der Waals surface area contributed by atoms with Crippen molar-refractivity contribution in [1.82, 2.24) is 19.9 Å². The number of H-pyrrole nitrogens is 1. The number of β-amino-alcohol motifs (C(OH)–C–C–N with tert-alkyl or cyclic N) is 1. The molecule has 6 nitrogen and oxygen atoms in total. The molecule has 2 aromatic heterocycles. The summed E-state index contributed by atoms with van der Waals surface area (Å²) in [6.45, 7) is 2.55. The minimum Gasteiger partial charge on any atom is -0.391 e. The quantitative estimate of drug-likeness (QED) is 0.799. The number of fused-ring (bicyclic) bond motifs is 1. The van der Waals surface area contributed by atoms with Gasteiger partial charge in [-0.1, -0.05) is 25.7 Å². The van der Waals surface area contributed by atoms with Crippen molar-refractivity contribution >= 4 is 16.9 Å². The Bertz CT molecular complexity index is 664. The standard InChI is InChI=1S/C16H23N5O/c17-16-15-14(19-9-20-16)11(5-18-15)6-21-7-12(13(22)8-21)10-3-1-2-4-10/h5,9-10,12-13,18,22H,1-4,6-8H2,(H2,17,19,20). The first kappa shape index (κ1) is 14.0. The molecule has 0 spiro atoms. The number of aliphatic hydroxyl groups excluding tert-OH is 1. The Hall–Kier alpha value is -1.66. The van der Waals surface area contributed by atoms with Crippen LogP contribution < -0.4 is 5.73 Å². The molecule has 1 saturated heterocycles. The normalized spacial score (nSPS) is 27.1. The van der Waals surface area contributed by atoms with E-state index in [1.54, 1.807) is 0 Å². The first-order valence-corrected chi connectivity index (χ1v) is 8.19. The number of nitrogens with two attached hydrogens (primary N) is 1. The van der Waals surface area contributed by atoms with Crippen molar-refractivity contribution in [2.24, 2.45) is 11.8 Å². The molecule has 1 aliphatic heterocycles. The summed E-state index contributed by atoms with van der Waals surface area (Å²) in [5.41, 5.74) is 8.70. The average molecular weight is 301 g/mol. The molecule has 2 aliphatic rings. The average Bonchev–Trinajstić information content (AvgIpc) is 3.20. The number of rotatable bonds is 3.